The molecular weight excluding hydrogens is 212 g/mol. The maximum atomic E-state index is 5.85. The number of thiocarbonyl (C=S) groups is 1. The van der Waals surface area contributed by atoms with E-state index in [0.29, 0.717) is 4.38 Å². The average molecular weight is 228 g/mol. The lowest BCUT2D eigenvalue weighted by Gasteiger charge is -2.55. The molecule has 0 atom stereocenters. The van der Waals surface area contributed by atoms with Gasteiger partial charge in [-0.1, -0.05) is 12.6 Å². The highest BCUT2D eigenvalue weighted by Crippen LogP contribution is 2.57. The van der Waals surface area contributed by atoms with Crippen molar-refractivity contribution in [3.8, 4) is 0 Å². The van der Waals surface area contributed by atoms with Crippen molar-refractivity contribution in [2.24, 2.45) is 17.8 Å². The highest BCUT2D eigenvalue weighted by Gasteiger charge is 2.52. The van der Waals surface area contributed by atoms with Crippen molar-refractivity contribution in [1.82, 2.24) is 0 Å². The van der Waals surface area contributed by atoms with Gasteiger partial charge >= 0.3 is 0 Å². The molecule has 4 fully saturated rings. The molecule has 0 heterocycles. The summed E-state index contributed by atoms with van der Waals surface area (Å²) < 4.78 is 6.30. The van der Waals surface area contributed by atoms with E-state index in [4.69, 9.17) is 17.0 Å². The van der Waals surface area contributed by atoms with Gasteiger partial charge in [0.25, 0.3) is 0 Å². The van der Waals surface area contributed by atoms with Crippen LogP contribution in [0.15, 0.2) is 0 Å². The van der Waals surface area contributed by atoms with Gasteiger partial charge in [0.05, 0.1) is 0 Å². The van der Waals surface area contributed by atoms with Crippen LogP contribution in [-0.4, -0.2) is 9.98 Å². The lowest BCUT2D eigenvalue weighted by Crippen LogP contribution is -2.52. The summed E-state index contributed by atoms with van der Waals surface area (Å²) in [6.07, 6.45) is 8.05. The quantitative estimate of drug-likeness (QED) is 0.545. The summed E-state index contributed by atoms with van der Waals surface area (Å²) in [5.74, 6) is 2.76. The molecule has 4 aliphatic rings. The first kappa shape index (κ1) is 9.46. The van der Waals surface area contributed by atoms with Gasteiger partial charge in [-0.3, -0.25) is 0 Å². The number of hydrogen-bond donors (Lipinski definition) is 1. The summed E-state index contributed by atoms with van der Waals surface area (Å²) in [6.45, 7) is 0. The zero-order chi connectivity index (χ0) is 9.76. The van der Waals surface area contributed by atoms with E-state index in [1.807, 2.05) is 0 Å². The standard InChI is InChI=1S/C11H16OS2/c13-10(14)12-11-4-7-1-8(5-11)3-9(2-7)6-11/h7-9H,1-6H2,(H,13,14). The van der Waals surface area contributed by atoms with Crippen molar-refractivity contribution in [2.45, 2.75) is 44.1 Å². The molecule has 0 aromatic rings. The summed E-state index contributed by atoms with van der Waals surface area (Å²) in [7, 11) is 0. The van der Waals surface area contributed by atoms with Crippen LogP contribution >= 0.6 is 24.8 Å². The molecular formula is C11H16OS2. The van der Waals surface area contributed by atoms with Gasteiger partial charge in [0, 0.05) is 0 Å². The SMILES string of the molecule is S=C(S)OC12CC3CC(CC(C3)C1)C2. The van der Waals surface area contributed by atoms with Crippen LogP contribution in [0.25, 0.3) is 0 Å². The Kier molecular flexibility index (Phi) is 2.11. The minimum absolute atomic E-state index is 0.105. The first-order valence-corrected chi connectivity index (χ1v) is 6.43. The fourth-order valence-electron chi connectivity index (χ4n) is 4.34. The van der Waals surface area contributed by atoms with E-state index in [1.165, 1.54) is 38.5 Å². The van der Waals surface area contributed by atoms with Gasteiger partial charge in [-0.15, -0.1) is 0 Å². The van der Waals surface area contributed by atoms with Crippen molar-refractivity contribution in [2.75, 3.05) is 0 Å². The number of hydrogen-bond acceptors (Lipinski definition) is 2. The lowest BCUT2D eigenvalue weighted by molar-refractivity contribution is -0.111. The monoisotopic (exact) mass is 228 g/mol. The molecule has 78 valence electrons. The Morgan fingerprint density at radius 2 is 1.50 bits per heavy atom. The van der Waals surface area contributed by atoms with Crippen LogP contribution in [-0.2, 0) is 4.74 Å². The second-order valence-electron chi connectivity index (χ2n) is 5.47. The Hall–Kier alpha value is 0.240. The van der Waals surface area contributed by atoms with E-state index in [0.717, 1.165) is 17.8 Å². The van der Waals surface area contributed by atoms with E-state index < -0.39 is 0 Å². The molecule has 3 heteroatoms. The van der Waals surface area contributed by atoms with Crippen molar-refractivity contribution >= 4 is 29.2 Å². The van der Waals surface area contributed by atoms with Gasteiger partial charge in [-0.05, 0) is 68.5 Å². The zero-order valence-corrected chi connectivity index (χ0v) is 9.95. The molecule has 4 bridgehead atoms. The van der Waals surface area contributed by atoms with E-state index in [1.54, 1.807) is 0 Å². The van der Waals surface area contributed by atoms with E-state index in [9.17, 15) is 0 Å². The molecule has 4 rings (SSSR count). The Bertz CT molecular complexity index is 239. The topological polar surface area (TPSA) is 9.23 Å². The summed E-state index contributed by atoms with van der Waals surface area (Å²) in [5.41, 5.74) is 0.105. The van der Waals surface area contributed by atoms with Crippen molar-refractivity contribution < 1.29 is 4.74 Å². The average Bonchev–Trinajstić information content (AvgIpc) is 1.96. The third kappa shape index (κ3) is 1.49. The van der Waals surface area contributed by atoms with Crippen LogP contribution in [0.4, 0.5) is 0 Å². The van der Waals surface area contributed by atoms with Crippen LogP contribution in [0, 0.1) is 17.8 Å². The number of thiol groups is 1. The van der Waals surface area contributed by atoms with E-state index >= 15 is 0 Å². The lowest BCUT2D eigenvalue weighted by atomic mass is 9.54. The molecule has 14 heavy (non-hydrogen) atoms. The predicted molar refractivity (Wildman–Crippen MR) is 63.6 cm³/mol. The third-order valence-corrected chi connectivity index (χ3v) is 4.46. The second-order valence-corrected chi connectivity index (χ2v) is 6.55. The van der Waals surface area contributed by atoms with Crippen LogP contribution in [0.1, 0.15) is 38.5 Å². The van der Waals surface area contributed by atoms with Gasteiger partial charge in [-0.25, -0.2) is 0 Å². The fourth-order valence-corrected chi connectivity index (χ4v) is 4.71. The molecule has 0 N–H and O–H groups in total. The summed E-state index contributed by atoms with van der Waals surface area (Å²) in [4.78, 5) is 0. The Labute approximate surface area is 96.0 Å². The molecule has 0 amide bonds. The highest BCUT2D eigenvalue weighted by molar-refractivity contribution is 8.10. The highest BCUT2D eigenvalue weighted by atomic mass is 32.1. The van der Waals surface area contributed by atoms with Gasteiger partial charge in [0.2, 0.25) is 4.38 Å². The summed E-state index contributed by atoms with van der Waals surface area (Å²) >= 11 is 9.10. The smallest absolute Gasteiger partial charge is 0.217 e. The maximum absolute atomic E-state index is 5.85. The maximum Gasteiger partial charge on any atom is 0.217 e. The number of rotatable bonds is 1. The molecule has 0 aliphatic heterocycles. The largest absolute Gasteiger partial charge is 0.472 e. The van der Waals surface area contributed by atoms with Crippen molar-refractivity contribution in [3.63, 3.8) is 0 Å². The molecule has 0 aromatic heterocycles. The normalized spacial score (nSPS) is 49.4. The summed E-state index contributed by atoms with van der Waals surface area (Å²) in [5, 5.41) is 0. The van der Waals surface area contributed by atoms with Gasteiger partial charge in [-0.2, -0.15) is 0 Å². The van der Waals surface area contributed by atoms with Gasteiger partial charge in [0.15, 0.2) is 0 Å². The third-order valence-electron chi connectivity index (χ3n) is 4.29. The van der Waals surface area contributed by atoms with Crippen molar-refractivity contribution in [1.29, 1.82) is 0 Å². The predicted octanol–water partition coefficient (Wildman–Crippen LogP) is 3.19. The minimum atomic E-state index is 0.105. The Balaban J connectivity index is 1.83. The molecule has 0 aromatic carbocycles. The van der Waals surface area contributed by atoms with Gasteiger partial charge in [0.1, 0.15) is 5.60 Å². The first-order chi connectivity index (χ1) is 6.65. The fraction of sp³-hybridized carbons (Fsp3) is 0.909. The van der Waals surface area contributed by atoms with E-state index in [2.05, 4.69) is 12.6 Å². The Morgan fingerprint density at radius 1 is 1.07 bits per heavy atom. The Morgan fingerprint density at radius 3 is 1.86 bits per heavy atom. The molecule has 0 spiro atoms. The van der Waals surface area contributed by atoms with Crippen LogP contribution in [0.5, 0.6) is 0 Å². The van der Waals surface area contributed by atoms with Gasteiger partial charge < -0.3 is 4.74 Å². The van der Waals surface area contributed by atoms with E-state index in [-0.39, 0.29) is 5.60 Å². The van der Waals surface area contributed by atoms with Crippen LogP contribution in [0.2, 0.25) is 0 Å². The van der Waals surface area contributed by atoms with Crippen LogP contribution < -0.4 is 0 Å². The molecule has 4 aliphatic carbocycles. The zero-order valence-electron chi connectivity index (χ0n) is 8.24. The second kappa shape index (κ2) is 3.11. The number of ether oxygens (including phenoxy) is 1. The van der Waals surface area contributed by atoms with Crippen molar-refractivity contribution in [3.05, 3.63) is 0 Å². The molecule has 0 saturated heterocycles. The summed E-state index contributed by atoms with van der Waals surface area (Å²) in [6, 6.07) is 0. The molecule has 0 unspecified atom stereocenters. The molecule has 0 radical (unpaired) electrons. The first-order valence-electron chi connectivity index (χ1n) is 5.57. The van der Waals surface area contributed by atoms with Crippen LogP contribution in [0.3, 0.4) is 0 Å². The molecule has 1 nitrogen and oxygen atoms in total. The minimum Gasteiger partial charge on any atom is -0.472 e. The molecule has 4 saturated carbocycles.